The summed E-state index contributed by atoms with van der Waals surface area (Å²) in [5.74, 6) is 0.500. The molecule has 1 saturated heterocycles. The number of methoxy groups -OCH3 is 1. The minimum atomic E-state index is -0.448. The van der Waals surface area contributed by atoms with E-state index in [1.165, 1.54) is 7.11 Å². The molecule has 3 heterocycles. The van der Waals surface area contributed by atoms with Crippen molar-refractivity contribution in [2.75, 3.05) is 31.6 Å². The summed E-state index contributed by atoms with van der Waals surface area (Å²) in [6.07, 6.45) is 5.47. The van der Waals surface area contributed by atoms with Crippen molar-refractivity contribution in [3.63, 3.8) is 0 Å². The van der Waals surface area contributed by atoms with E-state index in [1.807, 2.05) is 76.6 Å². The van der Waals surface area contributed by atoms with Crippen molar-refractivity contribution >= 4 is 22.7 Å². The average molecular weight is 428 g/mol. The molecule has 2 aromatic heterocycles. The van der Waals surface area contributed by atoms with Crippen LogP contribution in [0.15, 0.2) is 73.3 Å². The molecule has 0 amide bonds. The number of hydrogen-bond acceptors (Lipinski definition) is 7. The van der Waals surface area contributed by atoms with Crippen LogP contribution in [0, 0.1) is 0 Å². The first kappa shape index (κ1) is 20.1. The fourth-order valence-electron chi connectivity index (χ4n) is 4.22. The highest BCUT2D eigenvalue weighted by Crippen LogP contribution is 2.27. The molecule has 0 aliphatic carbocycles. The molecule has 1 atom stereocenters. The topological polar surface area (TPSA) is 76.4 Å². The van der Waals surface area contributed by atoms with Crippen LogP contribution in [-0.4, -0.2) is 63.4 Å². The Morgan fingerprint density at radius 2 is 1.88 bits per heavy atom. The molecule has 2 aromatic carbocycles. The maximum Gasteiger partial charge on any atom is 0.329 e. The number of rotatable bonds is 5. The third-order valence-corrected chi connectivity index (χ3v) is 5.79. The molecule has 1 fully saturated rings. The van der Waals surface area contributed by atoms with Gasteiger partial charge in [-0.25, -0.2) is 19.4 Å². The second-order valence-corrected chi connectivity index (χ2v) is 7.81. The van der Waals surface area contributed by atoms with Crippen molar-refractivity contribution in [3.8, 4) is 5.69 Å². The van der Waals surface area contributed by atoms with Gasteiger partial charge in [0.1, 0.15) is 18.2 Å². The predicted octanol–water partition coefficient (Wildman–Crippen LogP) is 2.68. The summed E-state index contributed by atoms with van der Waals surface area (Å²) in [7, 11) is 1.43. The van der Waals surface area contributed by atoms with E-state index in [2.05, 4.69) is 20.0 Å². The summed E-state index contributed by atoms with van der Waals surface area (Å²) in [4.78, 5) is 25.9. The van der Waals surface area contributed by atoms with E-state index in [4.69, 9.17) is 4.74 Å². The number of piperazine rings is 1. The third-order valence-electron chi connectivity index (χ3n) is 5.79. The lowest BCUT2D eigenvalue weighted by Crippen LogP contribution is -2.57. The minimum Gasteiger partial charge on any atom is -0.467 e. The summed E-state index contributed by atoms with van der Waals surface area (Å²) in [5.41, 5.74) is 2.97. The second-order valence-electron chi connectivity index (χ2n) is 7.81. The van der Waals surface area contributed by atoms with Crippen molar-refractivity contribution in [3.05, 3.63) is 78.9 Å². The van der Waals surface area contributed by atoms with Gasteiger partial charge in [0.05, 0.1) is 24.5 Å². The van der Waals surface area contributed by atoms with E-state index < -0.39 is 6.04 Å². The Morgan fingerprint density at radius 3 is 2.72 bits per heavy atom. The lowest BCUT2D eigenvalue weighted by atomic mass is 10.1. The highest BCUT2D eigenvalue weighted by Gasteiger charge is 2.35. The number of esters is 1. The number of anilines is 1. The molecule has 0 saturated carbocycles. The molecule has 0 N–H and O–H groups in total. The summed E-state index contributed by atoms with van der Waals surface area (Å²) >= 11 is 0. The van der Waals surface area contributed by atoms with E-state index >= 15 is 0 Å². The van der Waals surface area contributed by atoms with Crippen LogP contribution in [0.25, 0.3) is 16.6 Å². The van der Waals surface area contributed by atoms with E-state index in [0.717, 1.165) is 34.5 Å². The van der Waals surface area contributed by atoms with E-state index in [-0.39, 0.29) is 5.97 Å². The van der Waals surface area contributed by atoms with Crippen molar-refractivity contribution < 1.29 is 9.53 Å². The molecule has 162 valence electrons. The van der Waals surface area contributed by atoms with Crippen molar-refractivity contribution in [2.45, 2.75) is 12.6 Å². The van der Waals surface area contributed by atoms with Gasteiger partial charge in [0, 0.05) is 43.3 Å². The average Bonchev–Trinajstić information content (AvgIpc) is 3.32. The number of carbonyl (C=O) groups excluding carboxylic acids is 1. The number of carbonyl (C=O) groups is 1. The molecule has 1 unspecified atom stereocenters. The monoisotopic (exact) mass is 428 g/mol. The fraction of sp³-hybridized carbons (Fsp3) is 0.250. The normalized spacial score (nSPS) is 16.9. The Labute approximate surface area is 186 Å². The maximum atomic E-state index is 12.7. The zero-order chi connectivity index (χ0) is 21.9. The number of aromatic nitrogens is 4. The molecular weight excluding hydrogens is 404 g/mol. The number of hydrogen-bond donors (Lipinski definition) is 0. The van der Waals surface area contributed by atoms with E-state index in [9.17, 15) is 4.79 Å². The standard InChI is InChI=1S/C24H24N6O2/c1-32-24(31)22-16-28(14-18-13-27-30(15-18)19-7-3-2-4-8-19)11-12-29(22)23-20-9-5-6-10-21(20)25-17-26-23/h2-10,13,15,17,22H,11-12,14,16H2,1H3. The molecule has 4 aromatic rings. The highest BCUT2D eigenvalue weighted by atomic mass is 16.5. The van der Waals surface area contributed by atoms with Gasteiger partial charge in [0.25, 0.3) is 0 Å². The maximum absolute atomic E-state index is 12.7. The number of para-hydroxylation sites is 2. The molecule has 5 rings (SSSR count). The fourth-order valence-corrected chi connectivity index (χ4v) is 4.22. The van der Waals surface area contributed by atoms with Gasteiger partial charge in [0.2, 0.25) is 0 Å². The first-order valence-corrected chi connectivity index (χ1v) is 10.6. The van der Waals surface area contributed by atoms with Gasteiger partial charge in [0.15, 0.2) is 0 Å². The van der Waals surface area contributed by atoms with Crippen LogP contribution in [0.2, 0.25) is 0 Å². The van der Waals surface area contributed by atoms with Crippen LogP contribution in [0.5, 0.6) is 0 Å². The van der Waals surface area contributed by atoms with Crippen LogP contribution >= 0.6 is 0 Å². The molecule has 0 radical (unpaired) electrons. The van der Waals surface area contributed by atoms with Crippen LogP contribution in [0.3, 0.4) is 0 Å². The number of fused-ring (bicyclic) bond motifs is 1. The Morgan fingerprint density at radius 1 is 1.06 bits per heavy atom. The second kappa shape index (κ2) is 8.76. The zero-order valence-electron chi connectivity index (χ0n) is 17.8. The third kappa shape index (κ3) is 3.92. The van der Waals surface area contributed by atoms with Gasteiger partial charge in [-0.05, 0) is 24.3 Å². The van der Waals surface area contributed by atoms with Gasteiger partial charge in [-0.15, -0.1) is 0 Å². The quantitative estimate of drug-likeness (QED) is 0.452. The van der Waals surface area contributed by atoms with Crippen molar-refractivity contribution in [1.82, 2.24) is 24.6 Å². The summed E-state index contributed by atoms with van der Waals surface area (Å²) < 4.78 is 7.02. The summed E-state index contributed by atoms with van der Waals surface area (Å²) in [6, 6.07) is 17.4. The smallest absolute Gasteiger partial charge is 0.329 e. The van der Waals surface area contributed by atoms with Crippen LogP contribution < -0.4 is 4.90 Å². The van der Waals surface area contributed by atoms with Crippen molar-refractivity contribution in [2.24, 2.45) is 0 Å². The minimum absolute atomic E-state index is 0.266. The van der Waals surface area contributed by atoms with Crippen molar-refractivity contribution in [1.29, 1.82) is 0 Å². The Hall–Kier alpha value is -3.78. The molecule has 1 aliphatic heterocycles. The molecule has 0 bridgehead atoms. The van der Waals surface area contributed by atoms with E-state index in [1.54, 1.807) is 6.33 Å². The van der Waals surface area contributed by atoms with Crippen LogP contribution in [0.4, 0.5) is 5.82 Å². The van der Waals surface area contributed by atoms with E-state index in [0.29, 0.717) is 19.6 Å². The molecule has 32 heavy (non-hydrogen) atoms. The Bertz CT molecular complexity index is 1220. The first-order chi connectivity index (χ1) is 15.7. The SMILES string of the molecule is COC(=O)C1CN(Cc2cnn(-c3ccccc3)c2)CCN1c1ncnc2ccccc12. The Balaban J connectivity index is 1.36. The van der Waals surface area contributed by atoms with Crippen LogP contribution in [0.1, 0.15) is 5.56 Å². The summed E-state index contributed by atoms with van der Waals surface area (Å²) in [5, 5.41) is 5.42. The largest absolute Gasteiger partial charge is 0.467 e. The number of benzene rings is 2. The highest BCUT2D eigenvalue weighted by molar-refractivity contribution is 5.91. The van der Waals surface area contributed by atoms with Gasteiger partial charge in [-0.1, -0.05) is 30.3 Å². The zero-order valence-corrected chi connectivity index (χ0v) is 17.8. The molecular formula is C24H24N6O2. The lowest BCUT2D eigenvalue weighted by molar-refractivity contribution is -0.143. The Kier molecular flexibility index (Phi) is 5.51. The molecule has 0 spiro atoms. The summed E-state index contributed by atoms with van der Waals surface area (Å²) in [6.45, 7) is 2.70. The lowest BCUT2D eigenvalue weighted by Gasteiger charge is -2.40. The molecule has 8 heteroatoms. The number of nitrogens with zero attached hydrogens (tertiary/aromatic N) is 6. The molecule has 8 nitrogen and oxygen atoms in total. The predicted molar refractivity (Wildman–Crippen MR) is 122 cm³/mol. The molecule has 1 aliphatic rings. The van der Waals surface area contributed by atoms with Gasteiger partial charge in [-0.3, -0.25) is 4.90 Å². The number of ether oxygens (including phenoxy) is 1. The van der Waals surface area contributed by atoms with Gasteiger partial charge >= 0.3 is 5.97 Å². The van der Waals surface area contributed by atoms with Crippen LogP contribution in [-0.2, 0) is 16.1 Å². The first-order valence-electron chi connectivity index (χ1n) is 10.6. The van der Waals surface area contributed by atoms with Gasteiger partial charge in [-0.2, -0.15) is 5.10 Å². The van der Waals surface area contributed by atoms with Gasteiger partial charge < -0.3 is 9.64 Å².